The number of nitrogens with one attached hydrogen (secondary N) is 1. The zero-order valence-electron chi connectivity index (χ0n) is 10.4. The molecule has 0 radical (unpaired) electrons. The second-order valence-electron chi connectivity index (χ2n) is 4.64. The van der Waals surface area contributed by atoms with Crippen molar-refractivity contribution in [3.05, 3.63) is 29.8 Å². The van der Waals surface area contributed by atoms with E-state index in [1.807, 2.05) is 26.8 Å². The molecule has 0 unspecified atom stereocenters. The summed E-state index contributed by atoms with van der Waals surface area (Å²) in [5.74, 6) is 2.14. The Hall–Kier alpha value is -1.95. The second kappa shape index (κ2) is 5.40. The molecule has 0 aliphatic carbocycles. The molecule has 0 aliphatic rings. The second-order valence-corrected chi connectivity index (χ2v) is 4.64. The Morgan fingerprint density at radius 1 is 1.47 bits per heavy atom. The van der Waals surface area contributed by atoms with Crippen molar-refractivity contribution >= 4 is 11.7 Å². The van der Waals surface area contributed by atoms with Gasteiger partial charge in [-0.05, 0) is 39.0 Å². The molecule has 0 saturated carbocycles. The summed E-state index contributed by atoms with van der Waals surface area (Å²) in [4.78, 5) is 11.8. The molecule has 3 heteroatoms. The normalized spacial score (nSPS) is 10.5. The molecule has 3 nitrogen and oxygen atoms in total. The molecule has 0 amide bonds. The van der Waals surface area contributed by atoms with Crippen molar-refractivity contribution in [2.45, 2.75) is 26.4 Å². The topological polar surface area (TPSA) is 38.3 Å². The highest BCUT2D eigenvalue weighted by Gasteiger charge is 2.17. The first-order chi connectivity index (χ1) is 7.92. The molecular formula is C14H17NO2. The number of esters is 1. The maximum absolute atomic E-state index is 11.8. The van der Waals surface area contributed by atoms with E-state index in [0.717, 1.165) is 5.69 Å². The van der Waals surface area contributed by atoms with Crippen LogP contribution in [0.4, 0.5) is 5.69 Å². The van der Waals surface area contributed by atoms with Crippen LogP contribution in [0.3, 0.4) is 0 Å². The van der Waals surface area contributed by atoms with Crippen molar-refractivity contribution in [1.29, 1.82) is 0 Å². The number of rotatable bonds is 3. The van der Waals surface area contributed by atoms with Crippen LogP contribution in [0.5, 0.6) is 0 Å². The maximum atomic E-state index is 11.8. The van der Waals surface area contributed by atoms with Crippen LogP contribution < -0.4 is 5.32 Å². The van der Waals surface area contributed by atoms with Crippen LogP contribution in [0.15, 0.2) is 24.3 Å². The summed E-state index contributed by atoms with van der Waals surface area (Å²) in [6.45, 7) is 5.94. The summed E-state index contributed by atoms with van der Waals surface area (Å²) >= 11 is 0. The van der Waals surface area contributed by atoms with Crippen LogP contribution in [0.1, 0.15) is 31.1 Å². The molecule has 1 aromatic carbocycles. The summed E-state index contributed by atoms with van der Waals surface area (Å²) in [5.41, 5.74) is 0.840. The van der Waals surface area contributed by atoms with E-state index in [1.165, 1.54) is 0 Å². The van der Waals surface area contributed by atoms with E-state index in [1.54, 1.807) is 18.2 Å². The Kier molecular flexibility index (Phi) is 4.17. The van der Waals surface area contributed by atoms with Crippen molar-refractivity contribution in [3.8, 4) is 12.3 Å². The molecule has 1 N–H and O–H groups in total. The largest absolute Gasteiger partial charge is 0.456 e. The molecule has 0 aliphatic heterocycles. The fourth-order valence-corrected chi connectivity index (χ4v) is 1.25. The lowest BCUT2D eigenvalue weighted by atomic mass is 10.1. The predicted octanol–water partition coefficient (Wildman–Crippen LogP) is 2.69. The minimum Gasteiger partial charge on any atom is -0.456 e. The summed E-state index contributed by atoms with van der Waals surface area (Å²) < 4.78 is 5.28. The summed E-state index contributed by atoms with van der Waals surface area (Å²) in [6, 6.07) is 7.09. The summed E-state index contributed by atoms with van der Waals surface area (Å²) in [5, 5.41) is 3.01. The lowest BCUT2D eigenvalue weighted by molar-refractivity contribution is 0.00696. The zero-order chi connectivity index (χ0) is 12.9. The summed E-state index contributed by atoms with van der Waals surface area (Å²) in [7, 11) is 0. The van der Waals surface area contributed by atoms with Gasteiger partial charge in [0.1, 0.15) is 5.60 Å². The standard InChI is InChI=1S/C14H17NO2/c1-5-9-15-12-8-6-7-11(10-12)13(16)17-14(2,3)4/h1,6-8,10,15H,9H2,2-4H3. The third kappa shape index (κ3) is 4.60. The quantitative estimate of drug-likeness (QED) is 0.642. The molecule has 0 fully saturated rings. The van der Waals surface area contributed by atoms with Gasteiger partial charge in [-0.15, -0.1) is 6.42 Å². The number of ether oxygens (including phenoxy) is 1. The molecule has 0 saturated heterocycles. The monoisotopic (exact) mass is 231 g/mol. The van der Waals surface area contributed by atoms with Crippen LogP contribution in [0.2, 0.25) is 0 Å². The van der Waals surface area contributed by atoms with E-state index >= 15 is 0 Å². The van der Waals surface area contributed by atoms with E-state index < -0.39 is 5.60 Å². The molecule has 1 aromatic rings. The fourth-order valence-electron chi connectivity index (χ4n) is 1.25. The molecule has 0 atom stereocenters. The van der Waals surface area contributed by atoms with Crippen LogP contribution in [-0.4, -0.2) is 18.1 Å². The van der Waals surface area contributed by atoms with Crippen molar-refractivity contribution in [2.75, 3.05) is 11.9 Å². The minimum absolute atomic E-state index is 0.332. The van der Waals surface area contributed by atoms with E-state index in [9.17, 15) is 4.79 Å². The van der Waals surface area contributed by atoms with E-state index in [4.69, 9.17) is 11.2 Å². The minimum atomic E-state index is -0.487. The molecule has 0 spiro atoms. The third-order valence-electron chi connectivity index (χ3n) is 1.89. The van der Waals surface area contributed by atoms with Gasteiger partial charge in [-0.2, -0.15) is 0 Å². The Morgan fingerprint density at radius 3 is 2.76 bits per heavy atom. The van der Waals surface area contributed by atoms with Gasteiger partial charge in [0.05, 0.1) is 12.1 Å². The number of carbonyl (C=O) groups excluding carboxylic acids is 1. The van der Waals surface area contributed by atoms with Crippen LogP contribution in [0, 0.1) is 12.3 Å². The zero-order valence-corrected chi connectivity index (χ0v) is 10.4. The average Bonchev–Trinajstić information content (AvgIpc) is 2.24. The number of anilines is 1. The Morgan fingerprint density at radius 2 is 2.18 bits per heavy atom. The average molecular weight is 231 g/mol. The number of benzene rings is 1. The van der Waals surface area contributed by atoms with Gasteiger partial charge in [0.15, 0.2) is 0 Å². The molecule has 0 aromatic heterocycles. The first-order valence-electron chi connectivity index (χ1n) is 5.43. The van der Waals surface area contributed by atoms with Crippen molar-refractivity contribution in [1.82, 2.24) is 0 Å². The van der Waals surface area contributed by atoms with Crippen molar-refractivity contribution < 1.29 is 9.53 Å². The predicted molar refractivity (Wildman–Crippen MR) is 68.9 cm³/mol. The van der Waals surface area contributed by atoms with Gasteiger partial charge in [0.2, 0.25) is 0 Å². The highest BCUT2D eigenvalue weighted by Crippen LogP contribution is 2.15. The molecular weight excluding hydrogens is 214 g/mol. The van der Waals surface area contributed by atoms with Gasteiger partial charge < -0.3 is 10.1 Å². The van der Waals surface area contributed by atoms with Gasteiger partial charge in [-0.1, -0.05) is 12.0 Å². The van der Waals surface area contributed by atoms with Gasteiger partial charge in [-0.3, -0.25) is 0 Å². The molecule has 1 rings (SSSR count). The van der Waals surface area contributed by atoms with Gasteiger partial charge in [0.25, 0.3) is 0 Å². The van der Waals surface area contributed by atoms with Crippen LogP contribution >= 0.6 is 0 Å². The molecule has 90 valence electrons. The lowest BCUT2D eigenvalue weighted by Crippen LogP contribution is -2.23. The molecule has 0 bridgehead atoms. The van der Waals surface area contributed by atoms with Crippen molar-refractivity contribution in [2.24, 2.45) is 0 Å². The number of carbonyl (C=O) groups is 1. The SMILES string of the molecule is C#CCNc1cccc(C(=O)OC(C)(C)C)c1. The number of hydrogen-bond donors (Lipinski definition) is 1. The molecule has 0 heterocycles. The lowest BCUT2D eigenvalue weighted by Gasteiger charge is -2.19. The Bertz CT molecular complexity index is 438. The smallest absolute Gasteiger partial charge is 0.338 e. The van der Waals surface area contributed by atoms with E-state index in [-0.39, 0.29) is 5.97 Å². The first kappa shape index (κ1) is 13.1. The number of hydrogen-bond acceptors (Lipinski definition) is 3. The van der Waals surface area contributed by atoms with Gasteiger partial charge in [0, 0.05) is 5.69 Å². The van der Waals surface area contributed by atoms with Gasteiger partial charge >= 0.3 is 5.97 Å². The van der Waals surface area contributed by atoms with Crippen LogP contribution in [-0.2, 0) is 4.74 Å². The van der Waals surface area contributed by atoms with E-state index in [0.29, 0.717) is 12.1 Å². The van der Waals surface area contributed by atoms with Crippen molar-refractivity contribution in [3.63, 3.8) is 0 Å². The maximum Gasteiger partial charge on any atom is 0.338 e. The summed E-state index contributed by atoms with van der Waals surface area (Å²) in [6.07, 6.45) is 5.15. The Labute approximate surface area is 102 Å². The highest BCUT2D eigenvalue weighted by molar-refractivity contribution is 5.90. The fraction of sp³-hybridized carbons (Fsp3) is 0.357. The Balaban J connectivity index is 2.78. The van der Waals surface area contributed by atoms with Crippen LogP contribution in [0.25, 0.3) is 0 Å². The number of terminal acetylenes is 1. The molecule has 17 heavy (non-hydrogen) atoms. The highest BCUT2D eigenvalue weighted by atomic mass is 16.6. The van der Waals surface area contributed by atoms with E-state index in [2.05, 4.69) is 11.2 Å². The van der Waals surface area contributed by atoms with Gasteiger partial charge in [-0.25, -0.2) is 4.79 Å². The third-order valence-corrected chi connectivity index (χ3v) is 1.89. The first-order valence-corrected chi connectivity index (χ1v) is 5.43.